The first-order valence-corrected chi connectivity index (χ1v) is 6.08. The van der Waals surface area contributed by atoms with Crippen LogP contribution in [-0.2, 0) is 7.05 Å². The number of aromatic nitrogens is 3. The molecule has 2 aromatic heterocycles. The van der Waals surface area contributed by atoms with Crippen molar-refractivity contribution in [3.63, 3.8) is 0 Å². The lowest BCUT2D eigenvalue weighted by Gasteiger charge is -2.02. The molecule has 3 nitrogen and oxygen atoms in total. The van der Waals surface area contributed by atoms with Crippen LogP contribution in [0.15, 0.2) is 42.7 Å². The van der Waals surface area contributed by atoms with Crippen LogP contribution in [-0.4, -0.2) is 14.5 Å². The van der Waals surface area contributed by atoms with Gasteiger partial charge in [-0.2, -0.15) is 0 Å². The van der Waals surface area contributed by atoms with Crippen LogP contribution in [0, 0.1) is 5.51 Å². The van der Waals surface area contributed by atoms with Gasteiger partial charge in [0.25, 0.3) is 0 Å². The molecular formula is C13H10N3S. The maximum atomic E-state index is 4.36. The molecule has 1 aromatic carbocycles. The Morgan fingerprint density at radius 3 is 2.76 bits per heavy atom. The van der Waals surface area contributed by atoms with Crippen LogP contribution in [0.1, 0.15) is 0 Å². The van der Waals surface area contributed by atoms with E-state index in [1.54, 1.807) is 6.20 Å². The lowest BCUT2D eigenvalue weighted by atomic mass is 10.1. The van der Waals surface area contributed by atoms with Crippen LogP contribution in [0.25, 0.3) is 22.0 Å². The first-order valence-electron chi connectivity index (χ1n) is 5.26. The minimum absolute atomic E-state index is 0.933. The summed E-state index contributed by atoms with van der Waals surface area (Å²) in [7, 11) is 1.98. The Hall–Kier alpha value is -1.94. The van der Waals surface area contributed by atoms with Gasteiger partial charge in [-0.1, -0.05) is 30.3 Å². The van der Waals surface area contributed by atoms with Gasteiger partial charge in [-0.15, -0.1) is 11.3 Å². The van der Waals surface area contributed by atoms with Gasteiger partial charge in [-0.25, -0.2) is 9.97 Å². The number of hydrogen-bond donors (Lipinski definition) is 0. The fraction of sp³-hybridized carbons (Fsp3) is 0.0769. The number of aryl methyl sites for hydroxylation is 1. The molecule has 0 N–H and O–H groups in total. The van der Waals surface area contributed by atoms with E-state index in [4.69, 9.17) is 0 Å². The Morgan fingerprint density at radius 2 is 2.06 bits per heavy atom. The summed E-state index contributed by atoms with van der Waals surface area (Å²) in [5.41, 5.74) is 5.00. The van der Waals surface area contributed by atoms with E-state index in [2.05, 4.69) is 27.6 Å². The Bertz CT molecular complexity index is 625. The summed E-state index contributed by atoms with van der Waals surface area (Å²) in [5.74, 6) is 0.933. The molecule has 0 saturated carbocycles. The van der Waals surface area contributed by atoms with Gasteiger partial charge in [0.2, 0.25) is 0 Å². The summed E-state index contributed by atoms with van der Waals surface area (Å²) in [6, 6.07) is 10.1. The first-order chi connectivity index (χ1) is 8.36. The maximum absolute atomic E-state index is 4.36. The number of thiazole rings is 1. The molecule has 2 heterocycles. The highest BCUT2D eigenvalue weighted by molar-refractivity contribution is 7.13. The second-order valence-corrected chi connectivity index (χ2v) is 4.51. The lowest BCUT2D eigenvalue weighted by Crippen LogP contribution is -1.91. The summed E-state index contributed by atoms with van der Waals surface area (Å²) in [6.07, 6.45) is 3.73. The molecule has 0 aliphatic heterocycles. The molecule has 3 rings (SSSR count). The van der Waals surface area contributed by atoms with Crippen molar-refractivity contribution in [1.82, 2.24) is 14.5 Å². The van der Waals surface area contributed by atoms with E-state index in [1.165, 1.54) is 11.3 Å². The largest absolute Gasteiger partial charge is 0.333 e. The summed E-state index contributed by atoms with van der Waals surface area (Å²) in [4.78, 5) is 9.74. The SMILES string of the molecule is Cn1ccnc1-c1s[c]nc1-c1ccccc1. The molecule has 0 bridgehead atoms. The van der Waals surface area contributed by atoms with E-state index in [0.29, 0.717) is 0 Å². The van der Waals surface area contributed by atoms with Crippen LogP contribution in [0.5, 0.6) is 0 Å². The summed E-state index contributed by atoms with van der Waals surface area (Å²) >= 11 is 1.50. The molecule has 0 aliphatic rings. The zero-order valence-electron chi connectivity index (χ0n) is 9.29. The molecule has 0 aliphatic carbocycles. The van der Waals surface area contributed by atoms with E-state index in [0.717, 1.165) is 22.0 Å². The van der Waals surface area contributed by atoms with Crippen LogP contribution in [0.2, 0.25) is 0 Å². The molecule has 17 heavy (non-hydrogen) atoms. The predicted octanol–water partition coefficient (Wildman–Crippen LogP) is 3.01. The van der Waals surface area contributed by atoms with Gasteiger partial charge in [-0.05, 0) is 0 Å². The molecule has 1 radical (unpaired) electrons. The Kier molecular flexibility index (Phi) is 2.49. The molecule has 4 heteroatoms. The third kappa shape index (κ3) is 1.76. The van der Waals surface area contributed by atoms with E-state index >= 15 is 0 Å². The number of hydrogen-bond acceptors (Lipinski definition) is 3. The Balaban J connectivity index is 2.16. The van der Waals surface area contributed by atoms with Gasteiger partial charge in [0.05, 0.1) is 10.6 Å². The van der Waals surface area contributed by atoms with Gasteiger partial charge in [0.15, 0.2) is 11.3 Å². The topological polar surface area (TPSA) is 30.7 Å². The zero-order chi connectivity index (χ0) is 11.7. The third-order valence-electron chi connectivity index (χ3n) is 2.59. The standard InChI is InChI=1S/C13H10N3S/c1-16-8-7-14-13(16)12-11(15-9-17-12)10-5-3-2-4-6-10/h2-8H,1H3. The zero-order valence-corrected chi connectivity index (χ0v) is 10.1. The quantitative estimate of drug-likeness (QED) is 0.689. The molecule has 0 unspecified atom stereocenters. The molecule has 0 saturated heterocycles. The highest BCUT2D eigenvalue weighted by atomic mass is 32.1. The lowest BCUT2D eigenvalue weighted by molar-refractivity contribution is 0.927. The van der Waals surface area contributed by atoms with Crippen molar-refractivity contribution >= 4 is 11.3 Å². The van der Waals surface area contributed by atoms with Crippen molar-refractivity contribution < 1.29 is 0 Å². The van der Waals surface area contributed by atoms with Crippen molar-refractivity contribution in [3.05, 3.63) is 48.2 Å². The van der Waals surface area contributed by atoms with Gasteiger partial charge >= 0.3 is 0 Å². The van der Waals surface area contributed by atoms with E-state index in [9.17, 15) is 0 Å². The summed E-state index contributed by atoms with van der Waals surface area (Å²) in [6.45, 7) is 0. The minimum atomic E-state index is 0.933. The monoisotopic (exact) mass is 240 g/mol. The van der Waals surface area contributed by atoms with Gasteiger partial charge < -0.3 is 4.57 Å². The van der Waals surface area contributed by atoms with Crippen LogP contribution < -0.4 is 0 Å². The number of imidazole rings is 1. The molecule has 83 valence electrons. The Labute approximate surface area is 103 Å². The second kappa shape index (κ2) is 4.14. The number of benzene rings is 1. The van der Waals surface area contributed by atoms with Crippen LogP contribution in [0.4, 0.5) is 0 Å². The smallest absolute Gasteiger partial charge is 0.153 e. The molecule has 3 aromatic rings. The van der Waals surface area contributed by atoms with Crippen molar-refractivity contribution in [2.45, 2.75) is 0 Å². The minimum Gasteiger partial charge on any atom is -0.333 e. The summed E-state index contributed by atoms with van der Waals surface area (Å²) < 4.78 is 1.99. The third-order valence-corrected chi connectivity index (χ3v) is 3.35. The number of rotatable bonds is 2. The molecule has 0 atom stereocenters. The van der Waals surface area contributed by atoms with Gasteiger partial charge in [-0.3, -0.25) is 0 Å². The predicted molar refractivity (Wildman–Crippen MR) is 68.6 cm³/mol. The fourth-order valence-electron chi connectivity index (χ4n) is 1.74. The van der Waals surface area contributed by atoms with Gasteiger partial charge in [0.1, 0.15) is 0 Å². The van der Waals surface area contributed by atoms with Crippen molar-refractivity contribution in [3.8, 4) is 22.0 Å². The normalized spacial score (nSPS) is 10.6. The van der Waals surface area contributed by atoms with E-state index in [-0.39, 0.29) is 0 Å². The highest BCUT2D eigenvalue weighted by Gasteiger charge is 2.14. The Morgan fingerprint density at radius 1 is 1.24 bits per heavy atom. The van der Waals surface area contributed by atoms with Crippen molar-refractivity contribution in [2.24, 2.45) is 7.05 Å². The molecule has 0 spiro atoms. The summed E-state index contributed by atoms with van der Waals surface area (Å²) in [5, 5.41) is 0. The van der Waals surface area contributed by atoms with Crippen LogP contribution in [0.3, 0.4) is 0 Å². The van der Waals surface area contributed by atoms with Crippen LogP contribution >= 0.6 is 11.3 Å². The molecular weight excluding hydrogens is 230 g/mol. The molecule has 0 fully saturated rings. The fourth-order valence-corrected chi connectivity index (χ4v) is 2.52. The van der Waals surface area contributed by atoms with E-state index in [1.807, 2.05) is 36.0 Å². The maximum Gasteiger partial charge on any atom is 0.153 e. The average molecular weight is 240 g/mol. The van der Waals surface area contributed by atoms with Gasteiger partial charge in [0, 0.05) is 25.0 Å². The highest BCUT2D eigenvalue weighted by Crippen LogP contribution is 2.32. The molecule has 0 amide bonds. The number of nitrogens with zero attached hydrogens (tertiary/aromatic N) is 3. The first kappa shape index (κ1) is 10.2. The van der Waals surface area contributed by atoms with Crippen molar-refractivity contribution in [1.29, 1.82) is 0 Å². The van der Waals surface area contributed by atoms with E-state index < -0.39 is 0 Å². The average Bonchev–Trinajstić information content (AvgIpc) is 2.98. The van der Waals surface area contributed by atoms with Crippen molar-refractivity contribution in [2.75, 3.05) is 0 Å². The second-order valence-electron chi connectivity index (χ2n) is 3.71.